The van der Waals surface area contributed by atoms with Crippen LogP contribution >= 0.6 is 23.2 Å². The van der Waals surface area contributed by atoms with Crippen LogP contribution in [-0.2, 0) is 29.5 Å². The number of halogens is 2. The van der Waals surface area contributed by atoms with Gasteiger partial charge in [-0.25, -0.2) is 31.4 Å². The molecule has 4 N–H and O–H groups in total. The number of carbonyl (C=O) groups is 2. The number of hydrogen-bond acceptors (Lipinski definition) is 10. The van der Waals surface area contributed by atoms with E-state index in [2.05, 4.69) is 25.1 Å². The molecule has 0 bridgehead atoms. The van der Waals surface area contributed by atoms with E-state index in [4.69, 9.17) is 32.7 Å². The van der Waals surface area contributed by atoms with E-state index >= 15 is 0 Å². The minimum absolute atomic E-state index is 0.00581. The van der Waals surface area contributed by atoms with Crippen LogP contribution in [0, 0.1) is 11.5 Å². The summed E-state index contributed by atoms with van der Waals surface area (Å²) in [5.41, 5.74) is 1.01. The number of esters is 2. The monoisotopic (exact) mass is 830 g/mol. The number of rotatable bonds is 10. The molecule has 0 heterocycles. The summed E-state index contributed by atoms with van der Waals surface area (Å²) < 4.78 is 67.7. The highest BCUT2D eigenvalue weighted by Gasteiger charge is 2.20. The molecule has 0 aliphatic carbocycles. The summed E-state index contributed by atoms with van der Waals surface area (Å²) >= 11 is 12.1. The molecule has 0 aromatic heterocycles. The lowest BCUT2D eigenvalue weighted by Gasteiger charge is -2.12. The van der Waals surface area contributed by atoms with Crippen LogP contribution in [0.15, 0.2) is 124 Å². The van der Waals surface area contributed by atoms with Crippen molar-refractivity contribution >= 4 is 105 Å². The van der Waals surface area contributed by atoms with Gasteiger partial charge in [-0.15, -0.1) is 0 Å². The maximum Gasteiger partial charge on any atom is 0.339 e. The van der Waals surface area contributed by atoms with Crippen molar-refractivity contribution < 1.29 is 35.9 Å². The smallest absolute Gasteiger partial charge is 0.339 e. The Balaban J connectivity index is 1.24. The van der Waals surface area contributed by atoms with Gasteiger partial charge in [0.25, 0.3) is 20.0 Å². The van der Waals surface area contributed by atoms with Crippen LogP contribution in [0.3, 0.4) is 0 Å². The van der Waals surface area contributed by atoms with E-state index < -0.39 is 32.0 Å². The summed E-state index contributed by atoms with van der Waals surface area (Å²) in [6, 6.07) is 27.3. The number of aliphatic imine (C=N–C) groups is 1. The fourth-order valence-electron chi connectivity index (χ4n) is 5.46. The van der Waals surface area contributed by atoms with Gasteiger partial charge in [0.05, 0.1) is 50.9 Å². The zero-order valence-electron chi connectivity index (χ0n) is 29.1. The highest BCUT2D eigenvalue weighted by atomic mass is 35.5. The molecule has 14 nitrogen and oxygen atoms in total. The van der Waals surface area contributed by atoms with Crippen LogP contribution in [0.4, 0.5) is 22.7 Å². The van der Waals surface area contributed by atoms with Gasteiger partial charge in [-0.3, -0.25) is 14.8 Å². The Hall–Kier alpha value is -6.38. The fourth-order valence-corrected chi connectivity index (χ4v) is 8.02. The van der Waals surface area contributed by atoms with Crippen molar-refractivity contribution in [3.8, 4) is 6.19 Å². The second-order valence-electron chi connectivity index (χ2n) is 11.8. The molecule has 0 saturated carbocycles. The molecule has 6 aromatic rings. The zero-order chi connectivity index (χ0) is 40.2. The van der Waals surface area contributed by atoms with Crippen molar-refractivity contribution in [1.29, 1.82) is 5.26 Å². The number of hydrogen-bond donors (Lipinski definition) is 4. The molecule has 0 fully saturated rings. The summed E-state index contributed by atoms with van der Waals surface area (Å²) in [6.45, 7) is 0. The number of methoxy groups -OCH3 is 2. The van der Waals surface area contributed by atoms with E-state index in [1.165, 1.54) is 74.9 Å². The predicted octanol–water partition coefficient (Wildman–Crippen LogP) is 7.64. The van der Waals surface area contributed by atoms with Crippen molar-refractivity contribution in [3.63, 3.8) is 0 Å². The molecule has 6 rings (SSSR count). The highest BCUT2D eigenvalue weighted by molar-refractivity contribution is 7.93. The Bertz CT molecular complexity index is 2860. The molecular weight excluding hydrogens is 803 g/mol. The number of sulfonamides is 2. The summed E-state index contributed by atoms with van der Waals surface area (Å²) in [5, 5.41) is 17.7. The number of fused-ring (bicyclic) bond motifs is 2. The second-order valence-corrected chi connectivity index (χ2v) is 16.0. The van der Waals surface area contributed by atoms with Crippen molar-refractivity contribution in [2.75, 3.05) is 29.0 Å². The molecule has 0 unspecified atom stereocenters. The molecule has 0 atom stereocenters. The summed E-state index contributed by atoms with van der Waals surface area (Å²) in [4.78, 5) is 28.5. The first-order valence-electron chi connectivity index (χ1n) is 16.1. The van der Waals surface area contributed by atoms with Gasteiger partial charge in [-0.1, -0.05) is 47.5 Å². The van der Waals surface area contributed by atoms with Crippen molar-refractivity contribution in [1.82, 2.24) is 5.32 Å². The topological polar surface area (TPSA) is 205 Å². The van der Waals surface area contributed by atoms with Crippen molar-refractivity contribution in [2.24, 2.45) is 4.99 Å². The molecule has 0 spiro atoms. The van der Waals surface area contributed by atoms with Crippen LogP contribution in [-0.4, -0.2) is 49.0 Å². The minimum Gasteiger partial charge on any atom is -0.465 e. The molecule has 0 radical (unpaired) electrons. The Morgan fingerprint density at radius 3 is 1.57 bits per heavy atom. The van der Waals surface area contributed by atoms with Crippen LogP contribution in [0.1, 0.15) is 20.7 Å². The van der Waals surface area contributed by atoms with Gasteiger partial charge < -0.3 is 14.8 Å². The minimum atomic E-state index is -4.12. The lowest BCUT2D eigenvalue weighted by atomic mass is 10.1. The van der Waals surface area contributed by atoms with Crippen LogP contribution in [0.25, 0.3) is 21.5 Å². The Morgan fingerprint density at radius 1 is 0.607 bits per heavy atom. The first-order valence-corrected chi connectivity index (χ1v) is 19.8. The number of nitrogens with zero attached hydrogens (tertiary/aromatic N) is 2. The van der Waals surface area contributed by atoms with E-state index in [-0.39, 0.29) is 48.3 Å². The molecule has 18 heteroatoms. The van der Waals surface area contributed by atoms with Gasteiger partial charge in [-0.05, 0) is 106 Å². The SMILES string of the molecule is COC(=O)c1cc(NS(=O)(=O)c2ccc3ccc(N=C(NC#N)Nc4ccc5ccc(S(=O)(=O)Nc6ccc(Cl)c(C(=O)OC)c6)cc5c4)cc3c2)ccc1Cl. The van der Waals surface area contributed by atoms with Crippen LogP contribution < -0.4 is 20.1 Å². The lowest BCUT2D eigenvalue weighted by molar-refractivity contribution is 0.0592. The molecular formula is C38H28Cl2N6O8S2. The van der Waals surface area contributed by atoms with Gasteiger partial charge in [0.1, 0.15) is 0 Å². The average Bonchev–Trinajstić information content (AvgIpc) is 3.18. The standard InChI is InChI=1S/C38H28Cl2N6O8S2/c1-53-36(47)32-19-28(9-13-34(32)39)45-55(49,50)30-11-5-22-3-7-26(15-24(22)17-30)43-38(42-21-41)44-27-8-4-23-6-12-31(18-25(23)16-27)56(51,52)46-29-10-14-35(40)33(20-29)37(48)54-2/h3-20,45-46H,1-2H3,(H2,42,43,44). The van der Waals surface area contributed by atoms with E-state index in [0.29, 0.717) is 27.5 Å². The van der Waals surface area contributed by atoms with Crippen LogP contribution in [0.2, 0.25) is 10.0 Å². The van der Waals surface area contributed by atoms with Gasteiger partial charge in [0.15, 0.2) is 6.19 Å². The summed E-state index contributed by atoms with van der Waals surface area (Å²) in [5.74, 6) is -1.43. The van der Waals surface area contributed by atoms with Gasteiger partial charge in [0.2, 0.25) is 5.96 Å². The van der Waals surface area contributed by atoms with E-state index in [9.17, 15) is 31.7 Å². The number of benzene rings is 6. The molecule has 0 saturated heterocycles. The first kappa shape index (κ1) is 39.3. The maximum atomic E-state index is 13.3. The third kappa shape index (κ3) is 8.77. The molecule has 0 aliphatic heterocycles. The third-order valence-corrected chi connectivity index (χ3v) is 11.6. The Labute approximate surface area is 330 Å². The largest absolute Gasteiger partial charge is 0.465 e. The normalized spacial score (nSPS) is 11.7. The molecule has 0 aliphatic rings. The Kier molecular flexibility index (Phi) is 11.3. The van der Waals surface area contributed by atoms with Gasteiger partial charge >= 0.3 is 11.9 Å². The number of nitrogens with one attached hydrogen (secondary N) is 4. The quantitative estimate of drug-likeness (QED) is 0.0347. The summed E-state index contributed by atoms with van der Waals surface area (Å²) in [7, 11) is -5.86. The van der Waals surface area contributed by atoms with Crippen molar-refractivity contribution in [2.45, 2.75) is 9.79 Å². The summed E-state index contributed by atoms with van der Waals surface area (Å²) in [6.07, 6.45) is 1.83. The highest BCUT2D eigenvalue weighted by Crippen LogP contribution is 2.29. The van der Waals surface area contributed by atoms with Crippen molar-refractivity contribution in [3.05, 3.63) is 130 Å². The fraction of sp³-hybridized carbons (Fsp3) is 0.0526. The first-order chi connectivity index (χ1) is 26.7. The predicted molar refractivity (Wildman–Crippen MR) is 215 cm³/mol. The second kappa shape index (κ2) is 16.2. The lowest BCUT2D eigenvalue weighted by Crippen LogP contribution is -2.26. The molecule has 284 valence electrons. The third-order valence-electron chi connectivity index (χ3n) is 8.15. The molecule has 0 amide bonds. The number of carbonyl (C=O) groups excluding carboxylic acids is 2. The van der Waals surface area contributed by atoms with E-state index in [0.717, 1.165) is 5.39 Å². The van der Waals surface area contributed by atoms with E-state index in [1.54, 1.807) is 48.5 Å². The van der Waals surface area contributed by atoms with Crippen LogP contribution in [0.5, 0.6) is 0 Å². The Morgan fingerprint density at radius 2 is 1.07 bits per heavy atom. The molecule has 56 heavy (non-hydrogen) atoms. The van der Waals surface area contributed by atoms with Gasteiger partial charge in [-0.2, -0.15) is 5.26 Å². The van der Waals surface area contributed by atoms with E-state index in [1.807, 2.05) is 6.19 Å². The number of nitriles is 1. The zero-order valence-corrected chi connectivity index (χ0v) is 32.3. The molecule has 6 aromatic carbocycles. The number of ether oxygens (including phenoxy) is 2. The van der Waals surface area contributed by atoms with Gasteiger partial charge in [0, 0.05) is 17.1 Å². The number of anilines is 3. The maximum absolute atomic E-state index is 13.3. The number of guanidine groups is 1. The average molecular weight is 832 g/mol.